The van der Waals surface area contributed by atoms with Crippen LogP contribution in [0.15, 0.2) is 161 Å². The molecule has 0 N–H and O–H groups in total. The number of hydrogen-bond donors (Lipinski definition) is 0. The van der Waals surface area contributed by atoms with E-state index < -0.39 is 47.2 Å². The van der Waals surface area contributed by atoms with Crippen LogP contribution in [-0.2, 0) is 19.8 Å². The fraction of sp³-hybridized carbons (Fsp3) is 0.163. The number of carbonyl (C=O) groups is 2. The first kappa shape index (κ1) is 35.8. The Labute approximate surface area is 310 Å². The zero-order valence-corrected chi connectivity index (χ0v) is 29.4. The van der Waals surface area contributed by atoms with Gasteiger partial charge in [-0.1, -0.05) is 91.0 Å². The van der Waals surface area contributed by atoms with Gasteiger partial charge in [-0.15, -0.1) is 0 Å². The molecule has 3 atom stereocenters. The van der Waals surface area contributed by atoms with Crippen molar-refractivity contribution < 1.29 is 33.3 Å². The van der Waals surface area contributed by atoms with E-state index in [1.54, 1.807) is 62.8 Å². The van der Waals surface area contributed by atoms with Crippen molar-refractivity contribution in [2.75, 3.05) is 20.8 Å². The van der Waals surface area contributed by atoms with E-state index in [0.29, 0.717) is 16.1 Å². The molecule has 5 aromatic carbocycles. The van der Waals surface area contributed by atoms with Crippen LogP contribution in [0.25, 0.3) is 0 Å². The van der Waals surface area contributed by atoms with Crippen LogP contribution in [0.4, 0.5) is 0 Å². The monoisotopic (exact) mass is 724 g/mol. The minimum atomic E-state index is -1.34. The van der Waals surface area contributed by atoms with Crippen LogP contribution in [-0.4, -0.2) is 54.0 Å². The molecular weight excluding hydrogens is 688 g/mol. The van der Waals surface area contributed by atoms with Gasteiger partial charge in [0.1, 0.15) is 23.2 Å². The molecule has 1 fully saturated rings. The molecule has 0 saturated carbocycles. The molecule has 0 aliphatic carbocycles. The third-order valence-corrected chi connectivity index (χ3v) is 9.34. The van der Waals surface area contributed by atoms with Crippen molar-refractivity contribution in [1.82, 2.24) is 9.13 Å². The lowest BCUT2D eigenvalue weighted by Crippen LogP contribution is -2.48. The molecule has 0 amide bonds. The van der Waals surface area contributed by atoms with Crippen molar-refractivity contribution in [3.05, 3.63) is 200 Å². The van der Waals surface area contributed by atoms with Crippen molar-refractivity contribution in [2.45, 2.75) is 24.0 Å². The Morgan fingerprint density at radius 3 is 1.69 bits per heavy atom. The Morgan fingerprint density at radius 1 is 0.648 bits per heavy atom. The number of nitrogens with zero attached hydrogens (tertiary/aromatic N) is 2. The first-order valence-corrected chi connectivity index (χ1v) is 17.2. The second-order valence-electron chi connectivity index (χ2n) is 12.5. The van der Waals surface area contributed by atoms with Gasteiger partial charge in [-0.2, -0.15) is 4.57 Å². The summed E-state index contributed by atoms with van der Waals surface area (Å²) in [5.41, 5.74) is -0.548. The van der Waals surface area contributed by atoms with E-state index >= 15 is 0 Å². The lowest BCUT2D eigenvalue weighted by Gasteiger charge is -2.39. The van der Waals surface area contributed by atoms with Gasteiger partial charge in [-0.05, 0) is 65.2 Å². The first-order chi connectivity index (χ1) is 26.3. The van der Waals surface area contributed by atoms with Gasteiger partial charge >= 0.3 is 11.7 Å². The molecule has 54 heavy (non-hydrogen) atoms. The summed E-state index contributed by atoms with van der Waals surface area (Å²) in [6, 6.07) is 41.9. The average molecular weight is 725 g/mol. The minimum Gasteiger partial charge on any atom is -0.497 e. The molecule has 1 saturated heterocycles. The number of methoxy groups -OCH3 is 2. The van der Waals surface area contributed by atoms with Gasteiger partial charge in [0.15, 0.2) is 12.3 Å². The molecular formula is C43H36N2O9. The Morgan fingerprint density at radius 2 is 1.15 bits per heavy atom. The number of aromatic nitrogens is 2. The lowest BCUT2D eigenvalue weighted by molar-refractivity contribution is -0.0970. The molecule has 2 unspecified atom stereocenters. The summed E-state index contributed by atoms with van der Waals surface area (Å²) in [6.45, 7) is -0.142. The van der Waals surface area contributed by atoms with E-state index in [-0.39, 0.29) is 17.7 Å². The minimum absolute atomic E-state index is 0.140. The Kier molecular flexibility index (Phi) is 10.3. The maximum atomic E-state index is 14.1. The smallest absolute Gasteiger partial charge is 0.340 e. The summed E-state index contributed by atoms with van der Waals surface area (Å²) < 4.78 is 32.4. The molecule has 1 aromatic heterocycles. The molecule has 11 heteroatoms. The molecule has 11 nitrogen and oxygen atoms in total. The molecule has 272 valence electrons. The number of rotatable bonds is 11. The first-order valence-electron chi connectivity index (χ1n) is 17.2. The second-order valence-corrected chi connectivity index (χ2v) is 12.5. The van der Waals surface area contributed by atoms with Crippen molar-refractivity contribution >= 4 is 11.9 Å². The molecule has 7 rings (SSSR count). The maximum absolute atomic E-state index is 14.1. The third-order valence-electron chi connectivity index (χ3n) is 9.34. The predicted molar refractivity (Wildman–Crippen MR) is 199 cm³/mol. The van der Waals surface area contributed by atoms with Gasteiger partial charge in [0, 0.05) is 17.8 Å². The molecule has 6 aromatic rings. The van der Waals surface area contributed by atoms with E-state index in [1.165, 1.54) is 18.3 Å². The molecule has 1 aliphatic rings. The molecule has 0 spiro atoms. The van der Waals surface area contributed by atoms with Gasteiger partial charge in [0.05, 0.1) is 26.4 Å². The van der Waals surface area contributed by atoms with E-state index in [0.717, 1.165) is 27.3 Å². The van der Waals surface area contributed by atoms with Gasteiger partial charge < -0.3 is 23.7 Å². The van der Waals surface area contributed by atoms with E-state index in [9.17, 15) is 19.2 Å². The summed E-state index contributed by atoms with van der Waals surface area (Å²) in [7, 11) is 3.17. The topological polar surface area (TPSA) is 124 Å². The SMILES string of the molecule is COc1ccc(C(OC2CO[C@@H](n3ccc(=O)n(C(=O)c4ccccc4)c3=O)C2OC(=O)c2ccccc2)(c2ccccc2)c2ccc(OC)cc2)cc1. The summed E-state index contributed by atoms with van der Waals surface area (Å²) in [5, 5.41) is 0. The van der Waals surface area contributed by atoms with Gasteiger partial charge in [-0.3, -0.25) is 14.2 Å². The quantitative estimate of drug-likeness (QED) is 0.120. The van der Waals surface area contributed by atoms with E-state index in [1.807, 2.05) is 78.9 Å². The highest BCUT2D eigenvalue weighted by Crippen LogP contribution is 2.45. The van der Waals surface area contributed by atoms with Crippen LogP contribution in [0.2, 0.25) is 0 Å². The second kappa shape index (κ2) is 15.6. The van der Waals surface area contributed by atoms with Crippen molar-refractivity contribution in [3.63, 3.8) is 0 Å². The number of ether oxygens (including phenoxy) is 5. The zero-order valence-electron chi connectivity index (χ0n) is 29.4. The Bertz CT molecular complexity index is 2290. The van der Waals surface area contributed by atoms with Crippen LogP contribution in [0.3, 0.4) is 0 Å². The summed E-state index contributed by atoms with van der Waals surface area (Å²) in [5.74, 6) is -0.237. The molecule has 0 bridgehead atoms. The predicted octanol–water partition coefficient (Wildman–Crippen LogP) is 5.85. The number of benzene rings is 5. The highest BCUT2D eigenvalue weighted by Gasteiger charge is 2.49. The van der Waals surface area contributed by atoms with Crippen molar-refractivity contribution in [1.29, 1.82) is 0 Å². The van der Waals surface area contributed by atoms with Gasteiger partial charge in [0.25, 0.3) is 11.5 Å². The van der Waals surface area contributed by atoms with Crippen LogP contribution in [0.1, 0.15) is 43.6 Å². The molecule has 2 heterocycles. The van der Waals surface area contributed by atoms with Crippen LogP contribution >= 0.6 is 0 Å². The van der Waals surface area contributed by atoms with E-state index in [2.05, 4.69) is 0 Å². The van der Waals surface area contributed by atoms with Crippen molar-refractivity contribution in [3.8, 4) is 11.5 Å². The summed E-state index contributed by atoms with van der Waals surface area (Å²) in [6.07, 6.45) is -2.34. The fourth-order valence-electron chi connectivity index (χ4n) is 6.64. The third kappa shape index (κ3) is 6.85. The largest absolute Gasteiger partial charge is 0.497 e. The number of carbonyl (C=O) groups excluding carboxylic acids is 2. The Hall–Kier alpha value is -6.56. The maximum Gasteiger partial charge on any atom is 0.340 e. The van der Waals surface area contributed by atoms with Crippen LogP contribution < -0.4 is 20.7 Å². The van der Waals surface area contributed by atoms with Crippen LogP contribution in [0.5, 0.6) is 11.5 Å². The Balaban J connectivity index is 1.38. The lowest BCUT2D eigenvalue weighted by atomic mass is 9.79. The molecule has 1 aliphatic heterocycles. The van der Waals surface area contributed by atoms with E-state index in [4.69, 9.17) is 23.7 Å². The van der Waals surface area contributed by atoms with Gasteiger partial charge in [-0.25, -0.2) is 9.59 Å². The number of esters is 1. The molecule has 0 radical (unpaired) electrons. The standard InChI is InChI=1S/C43H36N2O9/c1-50-34-22-18-32(19-23-34)43(31-16-10-5-11-17-31,33-20-24-35(51-2)25-21-33)54-36-28-52-40(38(36)53-41(48)30-14-8-4-9-15-30)44-27-26-37(46)45(42(44)49)39(47)29-12-6-3-7-13-29/h3-27,36,38,40H,28H2,1-2H3/t36?,38?,40-/m1/s1. The average Bonchev–Trinajstić information content (AvgIpc) is 3.61. The highest BCUT2D eigenvalue weighted by molar-refractivity contribution is 5.95. The summed E-state index contributed by atoms with van der Waals surface area (Å²) >= 11 is 0. The normalized spacial score (nSPS) is 16.7. The van der Waals surface area contributed by atoms with Gasteiger partial charge in [0.2, 0.25) is 0 Å². The highest BCUT2D eigenvalue weighted by atomic mass is 16.6. The zero-order chi connectivity index (χ0) is 37.7. The summed E-state index contributed by atoms with van der Waals surface area (Å²) in [4.78, 5) is 54.4. The number of hydrogen-bond acceptors (Lipinski definition) is 9. The fourth-order valence-corrected chi connectivity index (χ4v) is 6.64. The van der Waals surface area contributed by atoms with Crippen LogP contribution in [0, 0.1) is 0 Å². The van der Waals surface area contributed by atoms with Crippen molar-refractivity contribution in [2.24, 2.45) is 0 Å².